The van der Waals surface area contributed by atoms with E-state index in [0.29, 0.717) is 26.1 Å². The highest BCUT2D eigenvalue weighted by Gasteiger charge is 2.38. The van der Waals surface area contributed by atoms with Crippen LogP contribution in [0.2, 0.25) is 0 Å². The summed E-state index contributed by atoms with van der Waals surface area (Å²) in [5.41, 5.74) is 0.983. The van der Waals surface area contributed by atoms with E-state index in [1.165, 1.54) is 0 Å². The van der Waals surface area contributed by atoms with Crippen LogP contribution < -0.4 is 0 Å². The van der Waals surface area contributed by atoms with Gasteiger partial charge in [0.15, 0.2) is 0 Å². The number of hydrogen-bond acceptors (Lipinski definition) is 3. The number of likely N-dealkylation sites (tertiary alicyclic amines) is 2. The van der Waals surface area contributed by atoms with Gasteiger partial charge in [0.25, 0.3) is 0 Å². The lowest BCUT2D eigenvalue weighted by molar-refractivity contribution is -0.143. The van der Waals surface area contributed by atoms with E-state index in [1.54, 1.807) is 4.90 Å². The molecule has 5 heteroatoms. The molecule has 0 saturated carbocycles. The summed E-state index contributed by atoms with van der Waals surface area (Å²) >= 11 is 0. The third kappa shape index (κ3) is 3.55. The molecule has 2 amide bonds. The third-order valence-electron chi connectivity index (χ3n) is 4.91. The standard InChI is InChI=1S/C18H24N2O3/c21-13-15-8-10-19(12-15)18(23)16-7-4-9-20(16)17(22)11-14-5-2-1-3-6-14/h1-3,5-6,15-16,21H,4,7-13H2. The minimum Gasteiger partial charge on any atom is -0.396 e. The van der Waals surface area contributed by atoms with Crippen LogP contribution in [0, 0.1) is 5.92 Å². The molecule has 2 unspecified atom stereocenters. The first-order valence-corrected chi connectivity index (χ1v) is 8.42. The number of rotatable bonds is 4. The van der Waals surface area contributed by atoms with Gasteiger partial charge in [-0.15, -0.1) is 0 Å². The second kappa shape index (κ2) is 7.13. The van der Waals surface area contributed by atoms with Crippen molar-refractivity contribution < 1.29 is 14.7 Å². The van der Waals surface area contributed by atoms with Gasteiger partial charge in [0, 0.05) is 32.2 Å². The van der Waals surface area contributed by atoms with Gasteiger partial charge in [0.05, 0.1) is 6.42 Å². The Balaban J connectivity index is 1.63. The second-order valence-corrected chi connectivity index (χ2v) is 6.53. The molecule has 0 spiro atoms. The van der Waals surface area contributed by atoms with Gasteiger partial charge in [0.2, 0.25) is 11.8 Å². The summed E-state index contributed by atoms with van der Waals surface area (Å²) in [7, 11) is 0. The van der Waals surface area contributed by atoms with Gasteiger partial charge in [0.1, 0.15) is 6.04 Å². The predicted molar refractivity (Wildman–Crippen MR) is 86.7 cm³/mol. The molecule has 3 rings (SSSR count). The first-order chi connectivity index (χ1) is 11.2. The summed E-state index contributed by atoms with van der Waals surface area (Å²) < 4.78 is 0. The largest absolute Gasteiger partial charge is 0.396 e. The monoisotopic (exact) mass is 316 g/mol. The Labute approximate surface area is 136 Å². The second-order valence-electron chi connectivity index (χ2n) is 6.53. The minimum atomic E-state index is -0.316. The van der Waals surface area contributed by atoms with E-state index < -0.39 is 0 Å². The lowest BCUT2D eigenvalue weighted by Crippen LogP contribution is -2.47. The Morgan fingerprint density at radius 3 is 2.61 bits per heavy atom. The smallest absolute Gasteiger partial charge is 0.245 e. The van der Waals surface area contributed by atoms with Crippen molar-refractivity contribution in [2.75, 3.05) is 26.2 Å². The summed E-state index contributed by atoms with van der Waals surface area (Å²) in [6, 6.07) is 9.35. The number of aliphatic hydroxyl groups is 1. The molecule has 1 aromatic rings. The van der Waals surface area contributed by atoms with Crippen molar-refractivity contribution in [2.45, 2.75) is 31.7 Å². The van der Waals surface area contributed by atoms with Gasteiger partial charge in [-0.3, -0.25) is 9.59 Å². The van der Waals surface area contributed by atoms with Crippen LogP contribution in [0.15, 0.2) is 30.3 Å². The van der Waals surface area contributed by atoms with Crippen LogP contribution >= 0.6 is 0 Å². The predicted octanol–water partition coefficient (Wildman–Crippen LogP) is 1.06. The van der Waals surface area contributed by atoms with Crippen LogP contribution in [-0.2, 0) is 16.0 Å². The molecule has 2 fully saturated rings. The molecule has 124 valence electrons. The van der Waals surface area contributed by atoms with E-state index in [4.69, 9.17) is 0 Å². The first kappa shape index (κ1) is 16.0. The Morgan fingerprint density at radius 2 is 1.91 bits per heavy atom. The van der Waals surface area contributed by atoms with Crippen LogP contribution in [0.3, 0.4) is 0 Å². The SMILES string of the molecule is O=C(C1CCCN1C(=O)Cc1ccccc1)N1CCC(CO)C1. The molecule has 0 bridgehead atoms. The zero-order valence-corrected chi connectivity index (χ0v) is 13.4. The number of amides is 2. The van der Waals surface area contributed by atoms with Crippen LogP contribution in [0.4, 0.5) is 0 Å². The average Bonchev–Trinajstić information content (AvgIpc) is 3.24. The van der Waals surface area contributed by atoms with E-state index >= 15 is 0 Å². The minimum absolute atomic E-state index is 0.0324. The fraction of sp³-hybridized carbons (Fsp3) is 0.556. The Bertz CT molecular complexity index is 561. The van der Waals surface area contributed by atoms with Crippen molar-refractivity contribution in [2.24, 2.45) is 5.92 Å². The molecular weight excluding hydrogens is 292 g/mol. The molecule has 0 radical (unpaired) electrons. The van der Waals surface area contributed by atoms with Crippen LogP contribution in [0.25, 0.3) is 0 Å². The van der Waals surface area contributed by atoms with Crippen LogP contribution in [-0.4, -0.2) is 59.0 Å². The lowest BCUT2D eigenvalue weighted by atomic mass is 10.1. The number of carbonyl (C=O) groups excluding carboxylic acids is 2. The molecule has 2 saturated heterocycles. The van der Waals surface area contributed by atoms with Crippen LogP contribution in [0.1, 0.15) is 24.8 Å². The summed E-state index contributed by atoms with van der Waals surface area (Å²) in [5.74, 6) is 0.277. The molecule has 5 nitrogen and oxygen atoms in total. The van der Waals surface area contributed by atoms with Gasteiger partial charge in [-0.25, -0.2) is 0 Å². The Kier molecular flexibility index (Phi) is 4.96. The normalized spacial score (nSPS) is 24.2. The highest BCUT2D eigenvalue weighted by molar-refractivity contribution is 5.89. The molecule has 2 aliphatic heterocycles. The molecule has 2 heterocycles. The molecule has 0 aliphatic carbocycles. The highest BCUT2D eigenvalue weighted by Crippen LogP contribution is 2.24. The highest BCUT2D eigenvalue weighted by atomic mass is 16.3. The van der Waals surface area contributed by atoms with Gasteiger partial charge < -0.3 is 14.9 Å². The van der Waals surface area contributed by atoms with E-state index in [9.17, 15) is 14.7 Å². The topological polar surface area (TPSA) is 60.9 Å². The Morgan fingerprint density at radius 1 is 1.13 bits per heavy atom. The molecule has 0 aromatic heterocycles. The molecule has 2 aliphatic rings. The van der Waals surface area contributed by atoms with E-state index in [1.807, 2.05) is 35.2 Å². The fourth-order valence-corrected chi connectivity index (χ4v) is 3.59. The summed E-state index contributed by atoms with van der Waals surface area (Å²) in [6.45, 7) is 2.11. The van der Waals surface area contributed by atoms with Crippen LogP contribution in [0.5, 0.6) is 0 Å². The fourth-order valence-electron chi connectivity index (χ4n) is 3.59. The number of hydrogen-bond donors (Lipinski definition) is 1. The number of carbonyl (C=O) groups is 2. The average molecular weight is 316 g/mol. The summed E-state index contributed by atoms with van der Waals surface area (Å²) in [5, 5.41) is 9.23. The van der Waals surface area contributed by atoms with E-state index in [-0.39, 0.29) is 30.4 Å². The quantitative estimate of drug-likeness (QED) is 0.903. The maximum atomic E-state index is 12.7. The molecule has 23 heavy (non-hydrogen) atoms. The molecule has 1 N–H and O–H groups in total. The van der Waals surface area contributed by atoms with Crippen molar-refractivity contribution in [1.29, 1.82) is 0 Å². The lowest BCUT2D eigenvalue weighted by Gasteiger charge is -2.28. The third-order valence-corrected chi connectivity index (χ3v) is 4.91. The van der Waals surface area contributed by atoms with Crippen molar-refractivity contribution in [3.63, 3.8) is 0 Å². The summed E-state index contributed by atoms with van der Waals surface area (Å²) in [6.07, 6.45) is 2.84. The number of nitrogens with zero attached hydrogens (tertiary/aromatic N) is 2. The van der Waals surface area contributed by atoms with Crippen molar-refractivity contribution in [3.8, 4) is 0 Å². The van der Waals surface area contributed by atoms with Crippen molar-refractivity contribution >= 4 is 11.8 Å². The van der Waals surface area contributed by atoms with Gasteiger partial charge >= 0.3 is 0 Å². The summed E-state index contributed by atoms with van der Waals surface area (Å²) in [4.78, 5) is 28.9. The Hall–Kier alpha value is -1.88. The van der Waals surface area contributed by atoms with Gasteiger partial charge in [-0.1, -0.05) is 30.3 Å². The van der Waals surface area contributed by atoms with E-state index in [0.717, 1.165) is 24.8 Å². The molecule has 2 atom stereocenters. The molecule has 1 aromatic carbocycles. The van der Waals surface area contributed by atoms with Crippen molar-refractivity contribution in [3.05, 3.63) is 35.9 Å². The van der Waals surface area contributed by atoms with Gasteiger partial charge in [-0.05, 0) is 24.8 Å². The van der Waals surface area contributed by atoms with E-state index in [2.05, 4.69) is 0 Å². The zero-order valence-electron chi connectivity index (χ0n) is 13.4. The first-order valence-electron chi connectivity index (χ1n) is 8.42. The number of aliphatic hydroxyl groups excluding tert-OH is 1. The maximum absolute atomic E-state index is 12.7. The molecular formula is C18H24N2O3. The van der Waals surface area contributed by atoms with Crippen molar-refractivity contribution in [1.82, 2.24) is 9.80 Å². The van der Waals surface area contributed by atoms with Gasteiger partial charge in [-0.2, -0.15) is 0 Å². The maximum Gasteiger partial charge on any atom is 0.245 e. The number of benzene rings is 1. The zero-order chi connectivity index (χ0) is 16.2.